The number of halogens is 1. The van der Waals surface area contributed by atoms with Crippen LogP contribution in [0.1, 0.15) is 45.4 Å². The van der Waals surface area contributed by atoms with Crippen molar-refractivity contribution < 1.29 is 4.39 Å². The maximum Gasteiger partial charge on any atom is 0.184 e. The first-order valence-corrected chi connectivity index (χ1v) is 7.54. The summed E-state index contributed by atoms with van der Waals surface area (Å²) >= 11 is 0. The van der Waals surface area contributed by atoms with Crippen molar-refractivity contribution >= 4 is 5.69 Å². The third-order valence-electron chi connectivity index (χ3n) is 3.51. The summed E-state index contributed by atoms with van der Waals surface area (Å²) in [5.74, 6) is 0.189. The summed E-state index contributed by atoms with van der Waals surface area (Å²) < 4.78 is 15.1. The van der Waals surface area contributed by atoms with Crippen LogP contribution in [0, 0.1) is 5.82 Å². The zero-order valence-corrected chi connectivity index (χ0v) is 12.4. The molecule has 0 amide bonds. The summed E-state index contributed by atoms with van der Waals surface area (Å²) in [6.45, 7) is 2.93. The fourth-order valence-electron chi connectivity index (χ4n) is 2.31. The monoisotopic (exact) mass is 291 g/mol. The summed E-state index contributed by atoms with van der Waals surface area (Å²) in [4.78, 5) is 0. The van der Waals surface area contributed by atoms with E-state index in [2.05, 4.69) is 22.4 Å². The maximum absolute atomic E-state index is 13.4. The van der Waals surface area contributed by atoms with Crippen LogP contribution in [0.25, 0.3) is 11.4 Å². The van der Waals surface area contributed by atoms with E-state index in [0.29, 0.717) is 17.1 Å². The predicted octanol–water partition coefficient (Wildman–Crippen LogP) is 3.42. The van der Waals surface area contributed by atoms with E-state index in [1.54, 1.807) is 4.68 Å². The fourth-order valence-corrected chi connectivity index (χ4v) is 2.31. The molecule has 1 aromatic carbocycles. The summed E-state index contributed by atoms with van der Waals surface area (Å²) in [5.41, 5.74) is 6.91. The zero-order chi connectivity index (χ0) is 15.1. The number of aryl methyl sites for hydroxylation is 1. The van der Waals surface area contributed by atoms with Crippen LogP contribution in [0.5, 0.6) is 0 Å². The average Bonchev–Trinajstić information content (AvgIpc) is 2.93. The Morgan fingerprint density at radius 1 is 1.14 bits per heavy atom. The van der Waals surface area contributed by atoms with Crippen LogP contribution in [0.15, 0.2) is 18.2 Å². The highest BCUT2D eigenvalue weighted by atomic mass is 19.1. The lowest BCUT2D eigenvalue weighted by Crippen LogP contribution is -2.05. The van der Waals surface area contributed by atoms with Gasteiger partial charge in [-0.05, 0) is 35.0 Å². The first-order valence-electron chi connectivity index (χ1n) is 7.54. The normalized spacial score (nSPS) is 11.0. The molecule has 6 heteroatoms. The van der Waals surface area contributed by atoms with Gasteiger partial charge in [0, 0.05) is 17.8 Å². The molecule has 0 spiro atoms. The second kappa shape index (κ2) is 7.71. The highest BCUT2D eigenvalue weighted by Gasteiger charge is 2.12. The number of aromatic nitrogens is 4. The molecular weight excluding hydrogens is 269 g/mol. The minimum atomic E-state index is -0.340. The number of rotatable bonds is 8. The summed E-state index contributed by atoms with van der Waals surface area (Å²) in [6, 6.07) is 4.24. The van der Waals surface area contributed by atoms with Crippen LogP contribution in [0.4, 0.5) is 10.1 Å². The third kappa shape index (κ3) is 4.24. The van der Waals surface area contributed by atoms with Gasteiger partial charge in [0.25, 0.3) is 0 Å². The van der Waals surface area contributed by atoms with Crippen LogP contribution in [0.3, 0.4) is 0 Å². The molecule has 0 aliphatic rings. The zero-order valence-electron chi connectivity index (χ0n) is 12.4. The van der Waals surface area contributed by atoms with E-state index in [1.807, 2.05) is 0 Å². The Morgan fingerprint density at radius 3 is 2.71 bits per heavy atom. The van der Waals surface area contributed by atoms with Gasteiger partial charge in [-0.25, -0.2) is 9.07 Å². The van der Waals surface area contributed by atoms with Gasteiger partial charge in [0.1, 0.15) is 5.82 Å². The maximum atomic E-state index is 13.4. The fraction of sp³-hybridized carbons (Fsp3) is 0.533. The molecule has 114 valence electrons. The lowest BCUT2D eigenvalue weighted by Gasteiger charge is -2.07. The molecule has 2 rings (SSSR count). The van der Waals surface area contributed by atoms with Crippen LogP contribution in [-0.2, 0) is 6.54 Å². The molecule has 0 unspecified atom stereocenters. The molecule has 21 heavy (non-hydrogen) atoms. The van der Waals surface area contributed by atoms with Gasteiger partial charge < -0.3 is 5.73 Å². The molecule has 0 aliphatic heterocycles. The molecule has 0 saturated heterocycles. The number of anilines is 1. The molecule has 0 atom stereocenters. The quantitative estimate of drug-likeness (QED) is 0.597. The average molecular weight is 291 g/mol. The Kier molecular flexibility index (Phi) is 5.66. The first kappa shape index (κ1) is 15.4. The third-order valence-corrected chi connectivity index (χ3v) is 3.51. The van der Waals surface area contributed by atoms with Gasteiger partial charge >= 0.3 is 0 Å². The smallest absolute Gasteiger partial charge is 0.184 e. The van der Waals surface area contributed by atoms with Crippen molar-refractivity contribution in [2.24, 2.45) is 0 Å². The molecule has 0 aliphatic carbocycles. The van der Waals surface area contributed by atoms with Crippen molar-refractivity contribution in [2.75, 3.05) is 5.73 Å². The Hall–Kier alpha value is -1.98. The number of benzene rings is 1. The largest absolute Gasteiger partial charge is 0.398 e. The van der Waals surface area contributed by atoms with Gasteiger partial charge in [-0.15, -0.1) is 5.10 Å². The van der Waals surface area contributed by atoms with Crippen molar-refractivity contribution in [1.82, 2.24) is 20.2 Å². The van der Waals surface area contributed by atoms with Crippen molar-refractivity contribution in [3.05, 3.63) is 24.0 Å². The molecule has 1 aromatic heterocycles. The second-order valence-electron chi connectivity index (χ2n) is 5.22. The first-order chi connectivity index (χ1) is 10.2. The van der Waals surface area contributed by atoms with Gasteiger partial charge in [0.15, 0.2) is 5.82 Å². The SMILES string of the molecule is CCCCCCCCn1nnnc1-c1cc(F)ccc1N. The summed E-state index contributed by atoms with van der Waals surface area (Å²) in [5, 5.41) is 11.6. The highest BCUT2D eigenvalue weighted by molar-refractivity contribution is 5.71. The Bertz CT molecular complexity index is 567. The van der Waals surface area contributed by atoms with E-state index >= 15 is 0 Å². The Labute approximate surface area is 124 Å². The molecule has 5 nitrogen and oxygen atoms in total. The molecule has 0 saturated carbocycles. The number of tetrazole rings is 1. The Balaban J connectivity index is 1.97. The van der Waals surface area contributed by atoms with Crippen molar-refractivity contribution in [1.29, 1.82) is 0 Å². The lowest BCUT2D eigenvalue weighted by molar-refractivity contribution is 0.519. The van der Waals surface area contributed by atoms with Crippen LogP contribution in [0.2, 0.25) is 0 Å². The van der Waals surface area contributed by atoms with Gasteiger partial charge in [-0.2, -0.15) is 0 Å². The van der Waals surface area contributed by atoms with E-state index in [9.17, 15) is 4.39 Å². The highest BCUT2D eigenvalue weighted by Crippen LogP contribution is 2.24. The van der Waals surface area contributed by atoms with Crippen molar-refractivity contribution in [2.45, 2.75) is 52.0 Å². The van der Waals surface area contributed by atoms with E-state index in [1.165, 1.54) is 43.9 Å². The second-order valence-corrected chi connectivity index (χ2v) is 5.22. The number of hydrogen-bond donors (Lipinski definition) is 1. The minimum Gasteiger partial charge on any atom is -0.398 e. The van der Waals surface area contributed by atoms with Gasteiger partial charge in [-0.1, -0.05) is 39.0 Å². The van der Waals surface area contributed by atoms with E-state index in [0.717, 1.165) is 19.4 Å². The molecule has 0 bridgehead atoms. The standard InChI is InChI=1S/C15H22FN5/c1-2-3-4-5-6-7-10-21-15(18-19-20-21)13-11-12(16)8-9-14(13)17/h8-9,11H,2-7,10,17H2,1H3. The molecule has 2 N–H and O–H groups in total. The van der Waals surface area contributed by atoms with Crippen LogP contribution >= 0.6 is 0 Å². The van der Waals surface area contributed by atoms with Gasteiger partial charge in [-0.3, -0.25) is 0 Å². The lowest BCUT2D eigenvalue weighted by atomic mass is 10.1. The van der Waals surface area contributed by atoms with Crippen molar-refractivity contribution in [3.63, 3.8) is 0 Å². The minimum absolute atomic E-state index is 0.340. The van der Waals surface area contributed by atoms with Crippen LogP contribution in [-0.4, -0.2) is 20.2 Å². The topological polar surface area (TPSA) is 69.6 Å². The number of nitrogens with zero attached hydrogens (tertiary/aromatic N) is 4. The molecule has 1 heterocycles. The molecular formula is C15H22FN5. The van der Waals surface area contributed by atoms with E-state index < -0.39 is 0 Å². The van der Waals surface area contributed by atoms with Crippen LogP contribution < -0.4 is 5.73 Å². The van der Waals surface area contributed by atoms with Gasteiger partial charge in [0.05, 0.1) is 0 Å². The van der Waals surface area contributed by atoms with E-state index in [4.69, 9.17) is 5.73 Å². The predicted molar refractivity (Wildman–Crippen MR) is 81.0 cm³/mol. The number of unbranched alkanes of at least 4 members (excludes halogenated alkanes) is 5. The van der Waals surface area contributed by atoms with E-state index in [-0.39, 0.29) is 5.82 Å². The van der Waals surface area contributed by atoms with Gasteiger partial charge in [0.2, 0.25) is 0 Å². The summed E-state index contributed by atoms with van der Waals surface area (Å²) in [7, 11) is 0. The number of nitrogens with two attached hydrogens (primary N) is 1. The Morgan fingerprint density at radius 2 is 1.90 bits per heavy atom. The summed E-state index contributed by atoms with van der Waals surface area (Å²) in [6.07, 6.45) is 7.20. The number of nitrogen functional groups attached to an aromatic ring is 1. The molecule has 0 radical (unpaired) electrons. The van der Waals surface area contributed by atoms with Crippen molar-refractivity contribution in [3.8, 4) is 11.4 Å². The molecule has 2 aromatic rings. The molecule has 0 fully saturated rings. The number of hydrogen-bond acceptors (Lipinski definition) is 4.